The van der Waals surface area contributed by atoms with Gasteiger partial charge in [-0.25, -0.2) is 0 Å². The number of carbonyl (C=O) groups excluding carboxylic acids is 2. The van der Waals surface area contributed by atoms with Crippen molar-refractivity contribution in [3.63, 3.8) is 0 Å². The van der Waals surface area contributed by atoms with Crippen molar-refractivity contribution < 1.29 is 9.59 Å². The SMILES string of the molecule is CCSC1CCCCN(C(=O)CC2NC(=O)c3ccccc32)C1. The second-order valence-corrected chi connectivity index (χ2v) is 7.81. The van der Waals surface area contributed by atoms with Crippen LogP contribution in [0.15, 0.2) is 24.3 Å². The molecule has 5 heteroatoms. The predicted octanol–water partition coefficient (Wildman–Crippen LogP) is 3.00. The maximum atomic E-state index is 12.7. The molecular formula is C18H24N2O2S. The molecule has 23 heavy (non-hydrogen) atoms. The van der Waals surface area contributed by atoms with Crippen LogP contribution in [0, 0.1) is 0 Å². The van der Waals surface area contributed by atoms with Crippen LogP contribution in [0.4, 0.5) is 0 Å². The number of thioether (sulfide) groups is 1. The van der Waals surface area contributed by atoms with Crippen molar-refractivity contribution in [1.29, 1.82) is 0 Å². The van der Waals surface area contributed by atoms with Crippen LogP contribution in [-0.4, -0.2) is 40.8 Å². The zero-order valence-corrected chi connectivity index (χ0v) is 14.4. The normalized spacial score (nSPS) is 24.0. The fourth-order valence-corrected chi connectivity index (χ4v) is 4.58. The molecule has 1 N–H and O–H groups in total. The van der Waals surface area contributed by atoms with E-state index >= 15 is 0 Å². The number of carbonyl (C=O) groups is 2. The Morgan fingerprint density at radius 3 is 3.00 bits per heavy atom. The van der Waals surface area contributed by atoms with Crippen LogP contribution in [0.5, 0.6) is 0 Å². The summed E-state index contributed by atoms with van der Waals surface area (Å²) in [5.41, 5.74) is 1.67. The Kier molecular flexibility index (Phi) is 5.26. The van der Waals surface area contributed by atoms with Gasteiger partial charge in [0.05, 0.1) is 12.5 Å². The lowest BCUT2D eigenvalue weighted by molar-refractivity contribution is -0.131. The van der Waals surface area contributed by atoms with E-state index < -0.39 is 0 Å². The zero-order valence-electron chi connectivity index (χ0n) is 13.6. The van der Waals surface area contributed by atoms with E-state index in [9.17, 15) is 9.59 Å². The van der Waals surface area contributed by atoms with Crippen molar-refractivity contribution in [2.24, 2.45) is 0 Å². The van der Waals surface area contributed by atoms with Gasteiger partial charge in [-0.05, 0) is 30.2 Å². The van der Waals surface area contributed by atoms with E-state index in [0.717, 1.165) is 30.8 Å². The smallest absolute Gasteiger partial charge is 0.252 e. The molecule has 0 spiro atoms. The topological polar surface area (TPSA) is 49.4 Å². The second kappa shape index (κ2) is 7.39. The number of hydrogen-bond acceptors (Lipinski definition) is 3. The summed E-state index contributed by atoms with van der Waals surface area (Å²) in [6.45, 7) is 3.87. The van der Waals surface area contributed by atoms with Gasteiger partial charge in [0.25, 0.3) is 5.91 Å². The van der Waals surface area contributed by atoms with E-state index in [0.29, 0.717) is 17.2 Å². The summed E-state index contributed by atoms with van der Waals surface area (Å²) in [4.78, 5) is 26.7. The van der Waals surface area contributed by atoms with Crippen LogP contribution in [0.3, 0.4) is 0 Å². The van der Waals surface area contributed by atoms with Gasteiger partial charge in [-0.15, -0.1) is 0 Å². The minimum atomic E-state index is -0.174. The molecule has 2 heterocycles. The fourth-order valence-electron chi connectivity index (χ4n) is 3.49. The molecule has 2 unspecified atom stereocenters. The fraction of sp³-hybridized carbons (Fsp3) is 0.556. The summed E-state index contributed by atoms with van der Waals surface area (Å²) in [6.07, 6.45) is 3.85. The highest BCUT2D eigenvalue weighted by molar-refractivity contribution is 7.99. The van der Waals surface area contributed by atoms with E-state index in [1.54, 1.807) is 0 Å². The summed E-state index contributed by atoms with van der Waals surface area (Å²) >= 11 is 1.95. The quantitative estimate of drug-likeness (QED) is 0.922. The molecule has 4 nitrogen and oxygen atoms in total. The summed E-state index contributed by atoms with van der Waals surface area (Å²) in [6, 6.07) is 7.39. The van der Waals surface area contributed by atoms with E-state index in [4.69, 9.17) is 0 Å². The highest BCUT2D eigenvalue weighted by atomic mass is 32.2. The van der Waals surface area contributed by atoms with Crippen LogP contribution in [-0.2, 0) is 4.79 Å². The molecule has 124 valence electrons. The molecule has 0 aromatic heterocycles. The van der Waals surface area contributed by atoms with Crippen LogP contribution >= 0.6 is 11.8 Å². The molecule has 1 saturated heterocycles. The van der Waals surface area contributed by atoms with Gasteiger partial charge in [0, 0.05) is 23.9 Å². The van der Waals surface area contributed by atoms with Crippen molar-refractivity contribution >= 4 is 23.6 Å². The summed E-state index contributed by atoms with van der Waals surface area (Å²) < 4.78 is 0. The lowest BCUT2D eigenvalue weighted by Gasteiger charge is -2.25. The van der Waals surface area contributed by atoms with Crippen molar-refractivity contribution in [2.75, 3.05) is 18.8 Å². The van der Waals surface area contributed by atoms with E-state index in [1.165, 1.54) is 12.8 Å². The van der Waals surface area contributed by atoms with Gasteiger partial charge in [-0.2, -0.15) is 11.8 Å². The minimum absolute atomic E-state index is 0.0614. The molecule has 0 radical (unpaired) electrons. The Hall–Kier alpha value is -1.49. The lowest BCUT2D eigenvalue weighted by Crippen LogP contribution is -2.37. The Bertz CT molecular complexity index is 590. The highest BCUT2D eigenvalue weighted by Crippen LogP contribution is 2.29. The first-order valence-electron chi connectivity index (χ1n) is 8.48. The van der Waals surface area contributed by atoms with Gasteiger partial charge < -0.3 is 10.2 Å². The molecule has 2 atom stereocenters. The van der Waals surface area contributed by atoms with Gasteiger partial charge in [0.15, 0.2) is 0 Å². The van der Waals surface area contributed by atoms with Crippen LogP contribution < -0.4 is 5.32 Å². The summed E-state index contributed by atoms with van der Waals surface area (Å²) in [5, 5.41) is 3.50. The first kappa shape index (κ1) is 16.4. The van der Waals surface area contributed by atoms with Crippen molar-refractivity contribution in [2.45, 2.75) is 43.9 Å². The van der Waals surface area contributed by atoms with E-state index in [2.05, 4.69) is 12.2 Å². The monoisotopic (exact) mass is 332 g/mol. The average molecular weight is 332 g/mol. The van der Waals surface area contributed by atoms with Crippen LogP contribution in [0.1, 0.15) is 54.6 Å². The lowest BCUT2D eigenvalue weighted by atomic mass is 10.0. The molecule has 0 saturated carbocycles. The molecule has 2 aliphatic rings. The second-order valence-electron chi connectivity index (χ2n) is 6.23. The summed E-state index contributed by atoms with van der Waals surface area (Å²) in [7, 11) is 0. The number of likely N-dealkylation sites (tertiary alicyclic amines) is 1. The Morgan fingerprint density at radius 1 is 1.35 bits per heavy atom. The van der Waals surface area contributed by atoms with Gasteiger partial charge in [0.1, 0.15) is 0 Å². The Labute approximate surface area is 142 Å². The Balaban J connectivity index is 1.66. The maximum absolute atomic E-state index is 12.7. The van der Waals surface area contributed by atoms with Crippen molar-refractivity contribution in [3.8, 4) is 0 Å². The first-order valence-corrected chi connectivity index (χ1v) is 9.53. The number of hydrogen-bond donors (Lipinski definition) is 1. The molecule has 1 aromatic rings. The third kappa shape index (κ3) is 3.71. The molecule has 1 aromatic carbocycles. The summed E-state index contributed by atoms with van der Waals surface area (Å²) in [5.74, 6) is 1.20. The van der Waals surface area contributed by atoms with Gasteiger partial charge >= 0.3 is 0 Å². The molecule has 2 aliphatic heterocycles. The number of fused-ring (bicyclic) bond motifs is 1. The van der Waals surface area contributed by atoms with Crippen LogP contribution in [0.25, 0.3) is 0 Å². The molecular weight excluding hydrogens is 308 g/mol. The number of benzene rings is 1. The van der Waals surface area contributed by atoms with E-state index in [1.807, 2.05) is 40.9 Å². The highest BCUT2D eigenvalue weighted by Gasteiger charge is 2.31. The number of amides is 2. The average Bonchev–Trinajstić information content (AvgIpc) is 2.73. The molecule has 0 bridgehead atoms. The van der Waals surface area contributed by atoms with E-state index in [-0.39, 0.29) is 17.9 Å². The third-order valence-corrected chi connectivity index (χ3v) is 5.84. The number of nitrogens with one attached hydrogen (secondary N) is 1. The molecule has 0 aliphatic carbocycles. The maximum Gasteiger partial charge on any atom is 0.252 e. The number of nitrogens with zero attached hydrogens (tertiary/aromatic N) is 1. The molecule has 2 amide bonds. The van der Waals surface area contributed by atoms with Crippen LogP contribution in [0.2, 0.25) is 0 Å². The van der Waals surface area contributed by atoms with Crippen molar-refractivity contribution in [3.05, 3.63) is 35.4 Å². The largest absolute Gasteiger partial charge is 0.345 e. The predicted molar refractivity (Wildman–Crippen MR) is 93.6 cm³/mol. The zero-order chi connectivity index (χ0) is 16.2. The molecule has 3 rings (SSSR count). The molecule has 1 fully saturated rings. The standard InChI is InChI=1S/C18H24N2O2S/c1-2-23-13-7-5-6-10-20(12-13)17(21)11-16-14-8-3-4-9-15(14)18(22)19-16/h3-4,8-9,13,16H,2,5-7,10-12H2,1H3,(H,19,22). The third-order valence-electron chi connectivity index (χ3n) is 4.65. The minimum Gasteiger partial charge on any atom is -0.345 e. The van der Waals surface area contributed by atoms with Crippen molar-refractivity contribution in [1.82, 2.24) is 10.2 Å². The van der Waals surface area contributed by atoms with Gasteiger partial charge in [-0.1, -0.05) is 31.5 Å². The van der Waals surface area contributed by atoms with Gasteiger partial charge in [0.2, 0.25) is 5.91 Å². The first-order chi connectivity index (χ1) is 11.2. The Morgan fingerprint density at radius 2 is 2.17 bits per heavy atom. The number of rotatable bonds is 4. The van der Waals surface area contributed by atoms with Gasteiger partial charge in [-0.3, -0.25) is 9.59 Å².